The highest BCUT2D eigenvalue weighted by Crippen LogP contribution is 2.47. The van der Waals surface area contributed by atoms with E-state index in [2.05, 4.69) is 78.2 Å². The Morgan fingerprint density at radius 1 is 1.17 bits per heavy atom. The topological polar surface area (TPSA) is 59.9 Å². The van der Waals surface area contributed by atoms with E-state index in [4.69, 9.17) is 9.47 Å². The summed E-state index contributed by atoms with van der Waals surface area (Å²) in [5.41, 5.74) is 6.16. The van der Waals surface area contributed by atoms with Crippen LogP contribution in [0.4, 0.5) is 0 Å². The molecule has 0 spiro atoms. The quantitative estimate of drug-likeness (QED) is 0.346. The van der Waals surface area contributed by atoms with Gasteiger partial charge in [0, 0.05) is 5.92 Å². The van der Waals surface area contributed by atoms with E-state index in [0.717, 1.165) is 15.6 Å². The minimum Gasteiger partial charge on any atom is -0.493 e. The molecule has 2 atom stereocenters. The highest BCUT2D eigenvalue weighted by atomic mass is 127. The van der Waals surface area contributed by atoms with Crippen LogP contribution >= 0.6 is 22.6 Å². The zero-order valence-electron chi connectivity index (χ0n) is 17.5. The van der Waals surface area contributed by atoms with E-state index in [0.29, 0.717) is 11.5 Å². The molecule has 0 bridgehead atoms. The second-order valence-electron chi connectivity index (χ2n) is 8.29. The van der Waals surface area contributed by atoms with Crippen molar-refractivity contribution in [2.75, 3.05) is 14.2 Å². The molecule has 0 heterocycles. The number of carbonyl (C=O) groups is 1. The highest BCUT2D eigenvalue weighted by Gasteiger charge is 2.44. The SMILES string of the molecule is COc1cc(/C=N/NC(=O)[C@H]2C[C@@H]2c2ccc(C(C)(C)C)cc2)cc(I)c1OC. The van der Waals surface area contributed by atoms with Crippen LogP contribution in [0, 0.1) is 9.49 Å². The van der Waals surface area contributed by atoms with Gasteiger partial charge in [-0.2, -0.15) is 5.10 Å². The van der Waals surface area contributed by atoms with Crippen LogP contribution in [0.5, 0.6) is 11.5 Å². The molecule has 1 aliphatic carbocycles. The van der Waals surface area contributed by atoms with Crippen LogP contribution in [-0.2, 0) is 10.2 Å². The van der Waals surface area contributed by atoms with Gasteiger partial charge in [0.25, 0.3) is 0 Å². The summed E-state index contributed by atoms with van der Waals surface area (Å²) in [4.78, 5) is 12.4. The number of hydrogen-bond acceptors (Lipinski definition) is 4. The summed E-state index contributed by atoms with van der Waals surface area (Å²) >= 11 is 2.18. The zero-order chi connectivity index (χ0) is 21.2. The highest BCUT2D eigenvalue weighted by molar-refractivity contribution is 14.1. The molecule has 1 N–H and O–H groups in total. The van der Waals surface area contributed by atoms with E-state index in [1.807, 2.05) is 12.1 Å². The Kier molecular flexibility index (Phi) is 6.51. The number of hydrazone groups is 1. The van der Waals surface area contributed by atoms with E-state index in [-0.39, 0.29) is 23.2 Å². The number of benzene rings is 2. The summed E-state index contributed by atoms with van der Waals surface area (Å²) in [7, 11) is 3.20. The van der Waals surface area contributed by atoms with Crippen LogP contribution in [0.1, 0.15) is 49.8 Å². The van der Waals surface area contributed by atoms with Crippen LogP contribution < -0.4 is 14.9 Å². The second kappa shape index (κ2) is 8.73. The van der Waals surface area contributed by atoms with Crippen molar-refractivity contribution in [2.24, 2.45) is 11.0 Å². The molecule has 0 aliphatic heterocycles. The number of hydrogen-bond donors (Lipinski definition) is 1. The van der Waals surface area contributed by atoms with Crippen LogP contribution in [0.15, 0.2) is 41.5 Å². The zero-order valence-corrected chi connectivity index (χ0v) is 19.6. The van der Waals surface area contributed by atoms with E-state index in [9.17, 15) is 4.79 Å². The number of methoxy groups -OCH3 is 2. The molecule has 1 amide bonds. The fourth-order valence-electron chi connectivity index (χ4n) is 3.35. The van der Waals surface area contributed by atoms with Crippen molar-refractivity contribution in [2.45, 2.75) is 38.5 Å². The minimum absolute atomic E-state index is 0.0156. The number of carbonyl (C=O) groups excluding carboxylic acids is 1. The summed E-state index contributed by atoms with van der Waals surface area (Å²) in [5, 5.41) is 4.13. The molecule has 3 rings (SSSR count). The van der Waals surface area contributed by atoms with E-state index >= 15 is 0 Å². The van der Waals surface area contributed by atoms with Crippen molar-refractivity contribution < 1.29 is 14.3 Å². The molecule has 0 saturated heterocycles. The van der Waals surface area contributed by atoms with E-state index in [1.54, 1.807) is 20.4 Å². The van der Waals surface area contributed by atoms with Crippen molar-refractivity contribution in [3.05, 3.63) is 56.7 Å². The average molecular weight is 506 g/mol. The van der Waals surface area contributed by atoms with Crippen molar-refractivity contribution >= 4 is 34.7 Å². The van der Waals surface area contributed by atoms with Gasteiger partial charge in [-0.25, -0.2) is 5.43 Å². The van der Waals surface area contributed by atoms with Gasteiger partial charge in [0.1, 0.15) is 0 Å². The molecule has 29 heavy (non-hydrogen) atoms. The van der Waals surface area contributed by atoms with Crippen LogP contribution in [0.3, 0.4) is 0 Å². The summed E-state index contributed by atoms with van der Waals surface area (Å²) < 4.78 is 11.6. The molecule has 6 heteroatoms. The standard InChI is InChI=1S/C23H27IN2O3/c1-23(2,3)16-8-6-15(7-9-16)17-12-18(17)22(27)26-25-13-14-10-19(24)21(29-5)20(11-14)28-4/h6-11,13,17-18H,12H2,1-5H3,(H,26,27)/b25-13+/t17-,18+/m1/s1. The van der Waals surface area contributed by atoms with Crippen LogP contribution in [0.25, 0.3) is 0 Å². The third-order valence-electron chi connectivity index (χ3n) is 5.18. The maximum absolute atomic E-state index is 12.4. The van der Waals surface area contributed by atoms with Gasteiger partial charge < -0.3 is 9.47 Å². The molecule has 1 saturated carbocycles. The third kappa shape index (κ3) is 5.10. The predicted octanol–water partition coefficient (Wildman–Crippen LogP) is 4.86. The van der Waals surface area contributed by atoms with Gasteiger partial charge in [-0.15, -0.1) is 0 Å². The number of nitrogens with one attached hydrogen (secondary N) is 1. The molecule has 5 nitrogen and oxygen atoms in total. The maximum atomic E-state index is 12.4. The Morgan fingerprint density at radius 2 is 1.86 bits per heavy atom. The lowest BCUT2D eigenvalue weighted by Crippen LogP contribution is -2.20. The van der Waals surface area contributed by atoms with Crippen molar-refractivity contribution in [3.63, 3.8) is 0 Å². The average Bonchev–Trinajstić information content (AvgIpc) is 3.48. The fourth-order valence-corrected chi connectivity index (χ4v) is 4.19. The van der Waals surface area contributed by atoms with Crippen LogP contribution in [-0.4, -0.2) is 26.3 Å². The molecular formula is C23H27IN2O3. The monoisotopic (exact) mass is 506 g/mol. The molecule has 0 radical (unpaired) electrons. The van der Waals surface area contributed by atoms with Gasteiger partial charge in [0.2, 0.25) is 5.91 Å². The number of amides is 1. The Bertz CT molecular complexity index is 917. The van der Waals surface area contributed by atoms with Gasteiger partial charge in [0.05, 0.1) is 24.0 Å². The third-order valence-corrected chi connectivity index (χ3v) is 5.98. The normalized spacial score (nSPS) is 18.6. The van der Waals surface area contributed by atoms with Crippen molar-refractivity contribution in [1.29, 1.82) is 0 Å². The molecule has 2 aromatic carbocycles. The summed E-state index contributed by atoms with van der Waals surface area (Å²) in [6.07, 6.45) is 2.49. The first-order valence-corrected chi connectivity index (χ1v) is 10.7. The Morgan fingerprint density at radius 3 is 2.45 bits per heavy atom. The van der Waals surface area contributed by atoms with Gasteiger partial charge in [-0.3, -0.25) is 4.79 Å². The lowest BCUT2D eigenvalue weighted by molar-refractivity contribution is -0.122. The summed E-state index contributed by atoms with van der Waals surface area (Å²) in [6, 6.07) is 12.4. The van der Waals surface area contributed by atoms with Gasteiger partial charge >= 0.3 is 0 Å². The Balaban J connectivity index is 1.59. The van der Waals surface area contributed by atoms with Crippen molar-refractivity contribution in [3.8, 4) is 11.5 Å². The molecule has 2 aromatic rings. The maximum Gasteiger partial charge on any atom is 0.243 e. The first kappa shape index (κ1) is 21.6. The number of ether oxygens (including phenoxy) is 2. The lowest BCUT2D eigenvalue weighted by Gasteiger charge is -2.19. The number of rotatable bonds is 6. The molecule has 154 valence electrons. The van der Waals surface area contributed by atoms with Gasteiger partial charge in [-0.05, 0) is 69.2 Å². The number of halogens is 1. The predicted molar refractivity (Wildman–Crippen MR) is 124 cm³/mol. The second-order valence-corrected chi connectivity index (χ2v) is 9.46. The molecule has 0 unspecified atom stereocenters. The van der Waals surface area contributed by atoms with Gasteiger partial charge in [0.15, 0.2) is 11.5 Å². The minimum atomic E-state index is -0.0404. The van der Waals surface area contributed by atoms with E-state index in [1.165, 1.54) is 11.1 Å². The molecule has 0 aromatic heterocycles. The van der Waals surface area contributed by atoms with Gasteiger partial charge in [-0.1, -0.05) is 45.0 Å². The summed E-state index contributed by atoms with van der Waals surface area (Å²) in [5.74, 6) is 1.54. The van der Waals surface area contributed by atoms with Crippen LogP contribution in [0.2, 0.25) is 0 Å². The lowest BCUT2D eigenvalue weighted by atomic mass is 9.86. The smallest absolute Gasteiger partial charge is 0.243 e. The molecule has 1 aliphatic rings. The fraction of sp³-hybridized carbons (Fsp3) is 0.391. The first-order chi connectivity index (χ1) is 13.7. The first-order valence-electron chi connectivity index (χ1n) is 9.59. The Labute approximate surface area is 186 Å². The molecular weight excluding hydrogens is 479 g/mol. The number of nitrogens with zero attached hydrogens (tertiary/aromatic N) is 1. The summed E-state index contributed by atoms with van der Waals surface area (Å²) in [6.45, 7) is 6.60. The largest absolute Gasteiger partial charge is 0.493 e. The molecule has 1 fully saturated rings. The van der Waals surface area contributed by atoms with Crippen molar-refractivity contribution in [1.82, 2.24) is 5.43 Å². The van der Waals surface area contributed by atoms with E-state index < -0.39 is 0 Å². The Hall–Kier alpha value is -2.09.